The van der Waals surface area contributed by atoms with Gasteiger partial charge in [0.05, 0.1) is 0 Å². The van der Waals surface area contributed by atoms with Gasteiger partial charge in [0.1, 0.15) is 0 Å². The van der Waals surface area contributed by atoms with Gasteiger partial charge in [-0.15, -0.1) is 6.58 Å². The number of hydrogen-bond donors (Lipinski definition) is 0. The summed E-state index contributed by atoms with van der Waals surface area (Å²) in [4.78, 5) is 0. The van der Waals surface area contributed by atoms with E-state index >= 15 is 0 Å². The van der Waals surface area contributed by atoms with Crippen LogP contribution in [0.1, 0.15) is 75.2 Å². The van der Waals surface area contributed by atoms with Gasteiger partial charge in [0.25, 0.3) is 0 Å². The molecule has 0 bridgehead atoms. The van der Waals surface area contributed by atoms with Gasteiger partial charge in [-0.3, -0.25) is 0 Å². The molecule has 0 heteroatoms. The standard InChI is InChI=1S/C9H16.C6H12.2C2H6/c1-4-5-6-7-8-9(2)3;1-4-5-6(2)3;2*1-2/h4,7-9H,1,5-6H2,2-3H3;4-6H,1-3H3;2*1-2H3/b8-7-;5-4+;;. The lowest BCUT2D eigenvalue weighted by atomic mass is 10.2. The second-order valence-corrected chi connectivity index (χ2v) is 4.31. The Hall–Kier alpha value is -0.780. The normalized spacial score (nSPS) is 9.42. The molecule has 0 heterocycles. The molecule has 0 rings (SSSR count). The molecule has 0 N–H and O–H groups in total. The highest BCUT2D eigenvalue weighted by Crippen LogP contribution is 1.97. The van der Waals surface area contributed by atoms with Crippen molar-refractivity contribution in [3.63, 3.8) is 0 Å². The second kappa shape index (κ2) is 30.3. The zero-order valence-corrected chi connectivity index (χ0v) is 15.2. The molecule has 0 unspecified atom stereocenters. The molecule has 0 aliphatic carbocycles. The fraction of sp³-hybridized carbons (Fsp3) is 0.684. The van der Waals surface area contributed by atoms with Crippen molar-refractivity contribution in [2.75, 3.05) is 0 Å². The molecular formula is C19H40. The number of rotatable bonds is 5. The summed E-state index contributed by atoms with van der Waals surface area (Å²) in [7, 11) is 0. The van der Waals surface area contributed by atoms with E-state index in [1.54, 1.807) is 0 Å². The molecule has 0 amide bonds. The molecule has 0 radical (unpaired) electrons. The van der Waals surface area contributed by atoms with E-state index in [1.807, 2.05) is 40.7 Å². The summed E-state index contributed by atoms with van der Waals surface area (Å²) in [5.74, 6) is 1.41. The number of unbranched alkanes of at least 4 members (excludes halogenated alkanes) is 1. The van der Waals surface area contributed by atoms with Gasteiger partial charge in [-0.1, -0.05) is 85.8 Å². The average molecular weight is 269 g/mol. The molecule has 0 saturated carbocycles. The van der Waals surface area contributed by atoms with Gasteiger partial charge in [-0.2, -0.15) is 0 Å². The smallest absolute Gasteiger partial charge is 0.0290 e. The van der Waals surface area contributed by atoms with Gasteiger partial charge in [-0.05, 0) is 31.6 Å². The molecule has 0 saturated heterocycles. The van der Waals surface area contributed by atoms with E-state index in [0.717, 1.165) is 18.8 Å². The van der Waals surface area contributed by atoms with Crippen LogP contribution in [0.3, 0.4) is 0 Å². The predicted molar refractivity (Wildman–Crippen MR) is 95.8 cm³/mol. The Morgan fingerprint density at radius 1 is 0.789 bits per heavy atom. The zero-order chi connectivity index (χ0) is 16.1. The molecule has 0 nitrogen and oxygen atoms in total. The molecule has 0 spiro atoms. The van der Waals surface area contributed by atoms with Gasteiger partial charge >= 0.3 is 0 Å². The second-order valence-electron chi connectivity index (χ2n) is 4.31. The first-order valence-corrected chi connectivity index (χ1v) is 7.94. The Kier molecular flexibility index (Phi) is 42.7. The van der Waals surface area contributed by atoms with E-state index < -0.39 is 0 Å². The minimum absolute atomic E-state index is 0.690. The van der Waals surface area contributed by atoms with Crippen molar-refractivity contribution in [1.82, 2.24) is 0 Å². The van der Waals surface area contributed by atoms with E-state index in [1.165, 1.54) is 0 Å². The van der Waals surface area contributed by atoms with E-state index in [-0.39, 0.29) is 0 Å². The third kappa shape index (κ3) is 59.0. The average Bonchev–Trinajstić information content (AvgIpc) is 2.40. The minimum atomic E-state index is 0.690. The van der Waals surface area contributed by atoms with Crippen molar-refractivity contribution in [3.05, 3.63) is 37.0 Å². The third-order valence-corrected chi connectivity index (χ3v) is 1.64. The lowest BCUT2D eigenvalue weighted by Crippen LogP contribution is -1.75. The van der Waals surface area contributed by atoms with Crippen molar-refractivity contribution >= 4 is 0 Å². The monoisotopic (exact) mass is 268 g/mol. The van der Waals surface area contributed by atoms with Crippen LogP contribution in [0.25, 0.3) is 0 Å². The van der Waals surface area contributed by atoms with Gasteiger partial charge < -0.3 is 0 Å². The van der Waals surface area contributed by atoms with Crippen molar-refractivity contribution in [2.45, 2.75) is 75.2 Å². The molecular weight excluding hydrogens is 228 g/mol. The quantitative estimate of drug-likeness (QED) is 0.359. The zero-order valence-electron chi connectivity index (χ0n) is 15.2. The van der Waals surface area contributed by atoms with Gasteiger partial charge in [0.2, 0.25) is 0 Å². The van der Waals surface area contributed by atoms with E-state index in [4.69, 9.17) is 0 Å². The fourth-order valence-corrected chi connectivity index (χ4v) is 0.967. The van der Waals surface area contributed by atoms with Crippen molar-refractivity contribution in [1.29, 1.82) is 0 Å². The molecule has 0 aromatic heterocycles. The Labute approximate surface area is 124 Å². The van der Waals surface area contributed by atoms with Gasteiger partial charge in [0.15, 0.2) is 0 Å². The van der Waals surface area contributed by atoms with Gasteiger partial charge in [-0.25, -0.2) is 0 Å². The van der Waals surface area contributed by atoms with Crippen molar-refractivity contribution in [3.8, 4) is 0 Å². The maximum atomic E-state index is 3.64. The van der Waals surface area contributed by atoms with Gasteiger partial charge in [0, 0.05) is 0 Å². The molecule has 0 aliphatic rings. The predicted octanol–water partition coefficient (Wildman–Crippen LogP) is 7.44. The minimum Gasteiger partial charge on any atom is -0.103 e. The first kappa shape index (κ1) is 26.7. The molecule has 0 aromatic carbocycles. The topological polar surface area (TPSA) is 0 Å². The lowest BCUT2D eigenvalue weighted by Gasteiger charge is -1.91. The third-order valence-electron chi connectivity index (χ3n) is 1.64. The van der Waals surface area contributed by atoms with Crippen LogP contribution in [0.2, 0.25) is 0 Å². The summed E-state index contributed by atoms with van der Waals surface area (Å²) in [6, 6.07) is 0. The summed E-state index contributed by atoms with van der Waals surface area (Å²) < 4.78 is 0. The first-order valence-electron chi connectivity index (χ1n) is 7.94. The van der Waals surface area contributed by atoms with Crippen LogP contribution in [0.15, 0.2) is 37.0 Å². The first-order chi connectivity index (χ1) is 9.04. The number of hydrogen-bond acceptors (Lipinski definition) is 0. The van der Waals surface area contributed by atoms with E-state index in [0.29, 0.717) is 5.92 Å². The van der Waals surface area contributed by atoms with Crippen molar-refractivity contribution in [2.24, 2.45) is 11.8 Å². The maximum Gasteiger partial charge on any atom is -0.0290 e. The van der Waals surface area contributed by atoms with E-state index in [2.05, 4.69) is 58.6 Å². The van der Waals surface area contributed by atoms with Crippen LogP contribution in [0.4, 0.5) is 0 Å². The largest absolute Gasteiger partial charge is 0.103 e. The molecule has 0 aliphatic heterocycles. The Morgan fingerprint density at radius 2 is 1.21 bits per heavy atom. The molecule has 0 fully saturated rings. The van der Waals surface area contributed by atoms with Crippen LogP contribution in [-0.2, 0) is 0 Å². The summed E-state index contributed by atoms with van der Waals surface area (Å²) in [5.41, 5.74) is 0. The van der Waals surface area contributed by atoms with Crippen LogP contribution in [0, 0.1) is 11.8 Å². The Morgan fingerprint density at radius 3 is 1.42 bits per heavy atom. The van der Waals surface area contributed by atoms with E-state index in [9.17, 15) is 0 Å². The maximum absolute atomic E-state index is 3.64. The lowest BCUT2D eigenvalue weighted by molar-refractivity contribution is 0.823. The highest BCUT2D eigenvalue weighted by molar-refractivity contribution is 4.86. The Balaban J connectivity index is -0.0000000977. The summed E-state index contributed by atoms with van der Waals surface area (Å²) in [5, 5.41) is 0. The molecule has 19 heavy (non-hydrogen) atoms. The van der Waals surface area contributed by atoms with Crippen molar-refractivity contribution < 1.29 is 0 Å². The van der Waals surface area contributed by atoms with Crippen LogP contribution in [-0.4, -0.2) is 0 Å². The SMILES string of the molecule is C/C=C/C(C)C.C=CCC/C=C\C(C)C.CC.CC. The fourth-order valence-electron chi connectivity index (χ4n) is 0.967. The Bertz CT molecular complexity index is 170. The van der Waals surface area contributed by atoms with Crippen LogP contribution >= 0.6 is 0 Å². The van der Waals surface area contributed by atoms with Crippen LogP contribution in [0.5, 0.6) is 0 Å². The molecule has 0 aromatic rings. The number of allylic oxidation sites excluding steroid dienone is 5. The highest BCUT2D eigenvalue weighted by Gasteiger charge is 1.81. The molecule has 116 valence electrons. The summed E-state index contributed by atoms with van der Waals surface area (Å²) >= 11 is 0. The van der Waals surface area contributed by atoms with Crippen LogP contribution < -0.4 is 0 Å². The summed E-state index contributed by atoms with van der Waals surface area (Å²) in [6.45, 7) is 22.4. The summed E-state index contributed by atoms with van der Waals surface area (Å²) in [6.07, 6.45) is 12.9. The highest BCUT2D eigenvalue weighted by atomic mass is 13.9. The molecule has 0 atom stereocenters.